The van der Waals surface area contributed by atoms with Crippen LogP contribution in [0, 0.1) is 5.82 Å². The van der Waals surface area contributed by atoms with Crippen LogP contribution in [0.4, 0.5) is 17.6 Å². The lowest BCUT2D eigenvalue weighted by atomic mass is 10.1. The van der Waals surface area contributed by atoms with Crippen LogP contribution in [0.15, 0.2) is 48.8 Å². The molecule has 0 fully saturated rings. The molecule has 2 heterocycles. The van der Waals surface area contributed by atoms with Crippen LogP contribution in [0.2, 0.25) is 0 Å². The first kappa shape index (κ1) is 17.2. The number of hydrogen-bond acceptors (Lipinski definition) is 3. The van der Waals surface area contributed by atoms with E-state index in [1.807, 2.05) is 0 Å². The summed E-state index contributed by atoms with van der Waals surface area (Å²) in [5, 5.41) is 3.54. The number of alkyl halides is 3. The van der Waals surface area contributed by atoms with E-state index in [-0.39, 0.29) is 11.4 Å². The Bertz CT molecular complexity index is 1020. The highest BCUT2D eigenvalue weighted by atomic mass is 32.2. The molecule has 0 saturated carbocycles. The molecule has 3 rings (SSSR count). The first-order valence-electron chi connectivity index (χ1n) is 6.88. The molecule has 0 aliphatic rings. The Labute approximate surface area is 140 Å². The predicted molar refractivity (Wildman–Crippen MR) is 82.2 cm³/mol. The van der Waals surface area contributed by atoms with Gasteiger partial charge in [0.1, 0.15) is 5.82 Å². The van der Waals surface area contributed by atoms with Crippen molar-refractivity contribution in [1.29, 1.82) is 0 Å². The molecule has 3 aromatic rings. The van der Waals surface area contributed by atoms with Crippen molar-refractivity contribution in [2.75, 3.05) is 6.26 Å². The van der Waals surface area contributed by atoms with Gasteiger partial charge in [-0.15, -0.1) is 0 Å². The van der Waals surface area contributed by atoms with E-state index >= 15 is 0 Å². The van der Waals surface area contributed by atoms with E-state index in [9.17, 15) is 26.0 Å². The Hall–Kier alpha value is -2.62. The minimum absolute atomic E-state index is 0.0542. The van der Waals surface area contributed by atoms with E-state index in [4.69, 9.17) is 0 Å². The van der Waals surface area contributed by atoms with Crippen LogP contribution >= 0.6 is 0 Å². The topological polar surface area (TPSA) is 56.9 Å². The Morgan fingerprint density at radius 3 is 2.24 bits per heavy atom. The second-order valence-electron chi connectivity index (χ2n) is 5.29. The maximum atomic E-state index is 13.1. The molecule has 25 heavy (non-hydrogen) atoms. The first-order chi connectivity index (χ1) is 11.6. The lowest BCUT2D eigenvalue weighted by molar-refractivity contribution is -0.141. The molecule has 0 atom stereocenters. The summed E-state index contributed by atoms with van der Waals surface area (Å²) in [4.78, 5) is 0. The van der Waals surface area contributed by atoms with E-state index in [2.05, 4.69) is 5.10 Å². The van der Waals surface area contributed by atoms with E-state index in [0.29, 0.717) is 5.56 Å². The van der Waals surface area contributed by atoms with Crippen LogP contribution in [-0.4, -0.2) is 28.4 Å². The average Bonchev–Trinajstić information content (AvgIpc) is 3.13. The lowest BCUT2D eigenvalue weighted by Gasteiger charge is -2.05. The van der Waals surface area contributed by atoms with Crippen molar-refractivity contribution in [2.24, 2.45) is 0 Å². The van der Waals surface area contributed by atoms with Crippen LogP contribution < -0.4 is 0 Å². The zero-order valence-electron chi connectivity index (χ0n) is 12.7. The van der Waals surface area contributed by atoms with E-state index in [1.54, 1.807) is 0 Å². The van der Waals surface area contributed by atoms with E-state index in [1.165, 1.54) is 24.4 Å². The first-order valence-corrected chi connectivity index (χ1v) is 8.73. The van der Waals surface area contributed by atoms with Gasteiger partial charge >= 0.3 is 6.18 Å². The molecule has 1 aromatic carbocycles. The van der Waals surface area contributed by atoms with Crippen LogP contribution in [0.25, 0.3) is 16.9 Å². The highest BCUT2D eigenvalue weighted by Crippen LogP contribution is 2.33. The summed E-state index contributed by atoms with van der Waals surface area (Å²) in [7, 11) is -3.59. The van der Waals surface area contributed by atoms with Gasteiger partial charge in [0, 0.05) is 18.0 Å². The molecule has 0 radical (unpaired) electrons. The molecule has 0 amide bonds. The molecule has 0 spiro atoms. The Kier molecular flexibility index (Phi) is 3.94. The van der Waals surface area contributed by atoms with E-state index in [0.717, 1.165) is 39.3 Å². The van der Waals surface area contributed by atoms with Crippen molar-refractivity contribution in [1.82, 2.24) is 13.8 Å². The lowest BCUT2D eigenvalue weighted by Crippen LogP contribution is -2.08. The van der Waals surface area contributed by atoms with Crippen molar-refractivity contribution in [3.63, 3.8) is 0 Å². The molecule has 0 aliphatic heterocycles. The van der Waals surface area contributed by atoms with Gasteiger partial charge in [-0.2, -0.15) is 18.3 Å². The summed E-state index contributed by atoms with van der Waals surface area (Å²) >= 11 is 0. The van der Waals surface area contributed by atoms with Crippen LogP contribution in [0.5, 0.6) is 0 Å². The van der Waals surface area contributed by atoms with Crippen LogP contribution in [0.1, 0.15) is 5.69 Å². The maximum absolute atomic E-state index is 13.1. The van der Waals surface area contributed by atoms with Crippen molar-refractivity contribution in [3.05, 3.63) is 60.3 Å². The molecule has 0 aliphatic carbocycles. The van der Waals surface area contributed by atoms with E-state index < -0.39 is 27.7 Å². The molecular formula is C15H11F4N3O2S. The SMILES string of the molecule is CS(=O)(=O)n1ccc(-n2nc(C(F)(F)F)cc2-c2ccc(F)cc2)c1. The fourth-order valence-corrected chi connectivity index (χ4v) is 2.82. The van der Waals surface area contributed by atoms with Gasteiger partial charge < -0.3 is 0 Å². The summed E-state index contributed by atoms with van der Waals surface area (Å²) in [5.74, 6) is -0.533. The van der Waals surface area contributed by atoms with Crippen molar-refractivity contribution < 1.29 is 26.0 Å². The van der Waals surface area contributed by atoms with Gasteiger partial charge in [-0.3, -0.25) is 3.97 Å². The summed E-state index contributed by atoms with van der Waals surface area (Å²) in [5.41, 5.74) is -0.658. The largest absolute Gasteiger partial charge is 0.435 e. The monoisotopic (exact) mass is 373 g/mol. The minimum Gasteiger partial charge on any atom is -0.251 e. The van der Waals surface area contributed by atoms with Crippen molar-refractivity contribution in [2.45, 2.75) is 6.18 Å². The molecule has 0 saturated heterocycles. The van der Waals surface area contributed by atoms with Crippen molar-refractivity contribution in [3.8, 4) is 16.9 Å². The van der Waals surface area contributed by atoms with Crippen LogP contribution in [0.3, 0.4) is 0 Å². The number of nitrogens with zero attached hydrogens (tertiary/aromatic N) is 3. The number of aromatic nitrogens is 3. The number of halogens is 4. The number of benzene rings is 1. The van der Waals surface area contributed by atoms with Gasteiger partial charge in [0.2, 0.25) is 10.0 Å². The van der Waals surface area contributed by atoms with Gasteiger partial charge in [-0.1, -0.05) is 0 Å². The van der Waals surface area contributed by atoms with Gasteiger partial charge in [0.25, 0.3) is 0 Å². The Balaban J connectivity index is 2.19. The Morgan fingerprint density at radius 2 is 1.72 bits per heavy atom. The van der Waals surface area contributed by atoms with Gasteiger partial charge in [-0.25, -0.2) is 17.5 Å². The predicted octanol–water partition coefficient (Wildman–Crippen LogP) is 3.31. The molecule has 10 heteroatoms. The number of hydrogen-bond donors (Lipinski definition) is 0. The third-order valence-corrected chi connectivity index (χ3v) is 4.41. The molecule has 0 N–H and O–H groups in total. The zero-order chi connectivity index (χ0) is 18.4. The summed E-state index contributed by atoms with van der Waals surface area (Å²) in [6.07, 6.45) is -1.37. The quantitative estimate of drug-likeness (QED) is 0.662. The fraction of sp³-hybridized carbons (Fsp3) is 0.133. The molecule has 2 aromatic heterocycles. The summed E-state index contributed by atoms with van der Waals surface area (Å²) in [6, 6.07) is 7.00. The smallest absolute Gasteiger partial charge is 0.251 e. The molecular weight excluding hydrogens is 362 g/mol. The van der Waals surface area contributed by atoms with Crippen LogP contribution in [-0.2, 0) is 16.2 Å². The molecule has 5 nitrogen and oxygen atoms in total. The maximum Gasteiger partial charge on any atom is 0.435 e. The summed E-state index contributed by atoms with van der Waals surface area (Å²) in [6.45, 7) is 0. The molecule has 0 bridgehead atoms. The highest BCUT2D eigenvalue weighted by molar-refractivity contribution is 7.89. The second-order valence-corrected chi connectivity index (χ2v) is 7.18. The molecule has 0 unspecified atom stereocenters. The fourth-order valence-electron chi connectivity index (χ4n) is 2.24. The standard InChI is InChI=1S/C15H11F4N3O2S/c1-25(23,24)21-7-6-12(9-21)22-13(8-14(20-22)15(17,18)19)10-2-4-11(16)5-3-10/h2-9H,1H3. The van der Waals surface area contributed by atoms with Gasteiger partial charge in [0.15, 0.2) is 5.69 Å². The van der Waals surface area contributed by atoms with Gasteiger partial charge in [-0.05, 0) is 36.4 Å². The molecule has 132 valence electrons. The normalized spacial score (nSPS) is 12.5. The highest BCUT2D eigenvalue weighted by Gasteiger charge is 2.35. The summed E-state index contributed by atoms with van der Waals surface area (Å²) < 4.78 is 77.1. The zero-order valence-corrected chi connectivity index (χ0v) is 13.5. The van der Waals surface area contributed by atoms with Crippen molar-refractivity contribution >= 4 is 10.0 Å². The third-order valence-electron chi connectivity index (χ3n) is 3.42. The average molecular weight is 373 g/mol. The second kappa shape index (κ2) is 5.73. The third kappa shape index (κ3) is 3.43. The number of rotatable bonds is 3. The van der Waals surface area contributed by atoms with Gasteiger partial charge in [0.05, 0.1) is 17.6 Å². The Morgan fingerprint density at radius 1 is 1.08 bits per heavy atom. The minimum atomic E-state index is -4.68.